The first-order chi connectivity index (χ1) is 17.5. The largest absolute Gasteiger partial charge is 0.343 e. The molecule has 1 aliphatic carbocycles. The summed E-state index contributed by atoms with van der Waals surface area (Å²) in [5.41, 5.74) is 3.93. The van der Waals surface area contributed by atoms with Crippen LogP contribution in [0.15, 0.2) is 71.5 Å². The minimum Gasteiger partial charge on any atom is -0.343 e. The zero-order chi connectivity index (χ0) is 25.1. The second kappa shape index (κ2) is 10.6. The molecular weight excluding hydrogens is 453 g/mol. The summed E-state index contributed by atoms with van der Waals surface area (Å²) >= 11 is 0. The van der Waals surface area contributed by atoms with Crippen molar-refractivity contribution >= 4 is 12.0 Å². The van der Waals surface area contributed by atoms with Crippen molar-refractivity contribution in [3.05, 3.63) is 111 Å². The van der Waals surface area contributed by atoms with E-state index in [2.05, 4.69) is 33.8 Å². The number of hydrogen-bond acceptors (Lipinski definition) is 3. The topological polar surface area (TPSA) is 45.6 Å². The summed E-state index contributed by atoms with van der Waals surface area (Å²) in [6.07, 6.45) is 6.24. The molecule has 0 N–H and O–H groups in total. The highest BCUT2D eigenvalue weighted by atomic mass is 19.1. The summed E-state index contributed by atoms with van der Waals surface area (Å²) < 4.78 is 15.5. The molecule has 1 saturated carbocycles. The zero-order valence-corrected chi connectivity index (χ0v) is 20.7. The third-order valence-electron chi connectivity index (χ3n) is 7.12. The average Bonchev–Trinajstić information content (AvgIpc) is 3.73. The third kappa shape index (κ3) is 5.49. The van der Waals surface area contributed by atoms with Crippen LogP contribution in [0.2, 0.25) is 0 Å². The van der Waals surface area contributed by atoms with Gasteiger partial charge < -0.3 is 9.47 Å². The molecule has 36 heavy (non-hydrogen) atoms. The zero-order valence-electron chi connectivity index (χ0n) is 20.7. The van der Waals surface area contributed by atoms with Crippen LogP contribution in [0.25, 0.3) is 6.08 Å². The van der Waals surface area contributed by atoms with E-state index in [1.807, 2.05) is 30.0 Å². The van der Waals surface area contributed by atoms with Crippen LogP contribution >= 0.6 is 0 Å². The van der Waals surface area contributed by atoms with E-state index in [9.17, 15) is 14.0 Å². The van der Waals surface area contributed by atoms with Gasteiger partial charge in [-0.25, -0.2) is 4.39 Å². The van der Waals surface area contributed by atoms with Gasteiger partial charge in [0.1, 0.15) is 11.4 Å². The van der Waals surface area contributed by atoms with Gasteiger partial charge in [0.15, 0.2) is 5.43 Å². The van der Waals surface area contributed by atoms with Gasteiger partial charge in [0.2, 0.25) is 0 Å². The van der Waals surface area contributed by atoms with Crippen molar-refractivity contribution in [3.8, 4) is 0 Å². The van der Waals surface area contributed by atoms with E-state index in [0.29, 0.717) is 25.2 Å². The second-order valence-electron chi connectivity index (χ2n) is 9.80. The lowest BCUT2D eigenvalue weighted by Crippen LogP contribution is -2.49. The maximum Gasteiger partial charge on any atom is 0.259 e. The van der Waals surface area contributed by atoms with Crippen molar-refractivity contribution in [2.45, 2.75) is 32.2 Å². The SMILES string of the molecule is Cc1cc(=O)c(C(=O)N2CCN(CC=Cc3ccccc3)CC2)c(C2CC2)n1Cc1ccc(F)cc1. The highest BCUT2D eigenvalue weighted by molar-refractivity contribution is 5.95. The van der Waals surface area contributed by atoms with Gasteiger partial charge in [0, 0.05) is 62.6 Å². The van der Waals surface area contributed by atoms with Crippen LogP contribution in [0.1, 0.15) is 51.6 Å². The standard InChI is InChI=1S/C30H32FN3O2/c1-22-20-27(35)28(29(25-11-12-25)34(22)21-24-9-13-26(31)14-10-24)30(36)33-18-16-32(17-19-33)15-5-8-23-6-3-2-4-7-23/h2-10,13-14,20,25H,11-12,15-19,21H2,1H3. The first-order valence-electron chi connectivity index (χ1n) is 12.7. The molecule has 1 aliphatic heterocycles. The van der Waals surface area contributed by atoms with Crippen molar-refractivity contribution in [2.75, 3.05) is 32.7 Å². The number of pyridine rings is 1. The summed E-state index contributed by atoms with van der Waals surface area (Å²) in [6, 6.07) is 18.2. The fourth-order valence-corrected chi connectivity index (χ4v) is 4.96. The molecule has 2 fully saturated rings. The molecule has 2 heterocycles. The second-order valence-corrected chi connectivity index (χ2v) is 9.80. The number of aryl methyl sites for hydroxylation is 1. The molecule has 2 aliphatic rings. The maximum atomic E-state index is 13.7. The normalized spacial score (nSPS) is 16.6. The van der Waals surface area contributed by atoms with Crippen molar-refractivity contribution in [3.63, 3.8) is 0 Å². The van der Waals surface area contributed by atoms with Gasteiger partial charge >= 0.3 is 0 Å². The highest BCUT2D eigenvalue weighted by Gasteiger charge is 2.35. The Morgan fingerprint density at radius 3 is 2.36 bits per heavy atom. The van der Waals surface area contributed by atoms with Crippen LogP contribution in [0.5, 0.6) is 0 Å². The first-order valence-corrected chi connectivity index (χ1v) is 12.7. The predicted molar refractivity (Wildman–Crippen MR) is 141 cm³/mol. The number of carbonyl (C=O) groups excluding carboxylic acids is 1. The first kappa shape index (κ1) is 24.2. The summed E-state index contributed by atoms with van der Waals surface area (Å²) in [7, 11) is 0. The molecule has 1 aromatic heterocycles. The van der Waals surface area contributed by atoms with E-state index < -0.39 is 0 Å². The molecule has 1 amide bonds. The van der Waals surface area contributed by atoms with E-state index in [1.165, 1.54) is 17.7 Å². The van der Waals surface area contributed by atoms with Crippen molar-refractivity contribution < 1.29 is 9.18 Å². The van der Waals surface area contributed by atoms with Gasteiger partial charge in [0.25, 0.3) is 5.91 Å². The predicted octanol–water partition coefficient (Wildman–Crippen LogP) is 4.69. The van der Waals surface area contributed by atoms with E-state index >= 15 is 0 Å². The molecule has 5 nitrogen and oxygen atoms in total. The molecule has 0 radical (unpaired) electrons. The number of piperazine rings is 1. The highest BCUT2D eigenvalue weighted by Crippen LogP contribution is 2.42. The molecule has 0 bridgehead atoms. The minimum absolute atomic E-state index is 0.158. The number of rotatable bonds is 7. The van der Waals surface area contributed by atoms with Gasteiger partial charge in [-0.15, -0.1) is 0 Å². The van der Waals surface area contributed by atoms with Crippen LogP contribution in [0.3, 0.4) is 0 Å². The average molecular weight is 486 g/mol. The number of benzene rings is 2. The molecule has 5 rings (SSSR count). The smallest absolute Gasteiger partial charge is 0.259 e. The minimum atomic E-state index is -0.275. The Hall–Kier alpha value is -3.51. The quantitative estimate of drug-likeness (QED) is 0.488. The molecule has 186 valence electrons. The van der Waals surface area contributed by atoms with Crippen LogP contribution in [-0.2, 0) is 6.54 Å². The Kier molecular flexibility index (Phi) is 7.14. The number of hydrogen-bond donors (Lipinski definition) is 0. The molecular formula is C30H32FN3O2. The fourth-order valence-electron chi connectivity index (χ4n) is 4.96. The molecule has 1 saturated heterocycles. The Balaban J connectivity index is 1.31. The van der Waals surface area contributed by atoms with Crippen LogP contribution < -0.4 is 5.43 Å². The Morgan fingerprint density at radius 1 is 1.00 bits per heavy atom. The lowest BCUT2D eigenvalue weighted by atomic mass is 10.0. The molecule has 3 aromatic rings. The van der Waals surface area contributed by atoms with Crippen molar-refractivity contribution in [1.82, 2.24) is 14.4 Å². The van der Waals surface area contributed by atoms with E-state index in [4.69, 9.17) is 0 Å². The lowest BCUT2D eigenvalue weighted by molar-refractivity contribution is 0.0646. The third-order valence-corrected chi connectivity index (χ3v) is 7.12. The Bertz CT molecular complexity index is 1300. The van der Waals surface area contributed by atoms with Gasteiger partial charge in [0.05, 0.1) is 0 Å². The lowest BCUT2D eigenvalue weighted by Gasteiger charge is -2.34. The summed E-state index contributed by atoms with van der Waals surface area (Å²) in [6.45, 7) is 6.02. The van der Waals surface area contributed by atoms with Gasteiger partial charge in [-0.1, -0.05) is 54.6 Å². The van der Waals surface area contributed by atoms with E-state index in [0.717, 1.165) is 49.4 Å². The van der Waals surface area contributed by atoms with Crippen molar-refractivity contribution in [1.29, 1.82) is 0 Å². The van der Waals surface area contributed by atoms with Gasteiger partial charge in [-0.2, -0.15) is 0 Å². The number of halogens is 1. The Morgan fingerprint density at radius 2 is 1.69 bits per heavy atom. The number of aromatic nitrogens is 1. The summed E-state index contributed by atoms with van der Waals surface area (Å²) in [5, 5.41) is 0. The Labute approximate surface area is 211 Å². The molecule has 2 aromatic carbocycles. The monoisotopic (exact) mass is 485 g/mol. The maximum absolute atomic E-state index is 13.7. The summed E-state index contributed by atoms with van der Waals surface area (Å²) in [4.78, 5) is 31.0. The van der Waals surface area contributed by atoms with Crippen molar-refractivity contribution in [2.24, 2.45) is 0 Å². The molecule has 6 heteroatoms. The number of carbonyl (C=O) groups is 1. The summed E-state index contributed by atoms with van der Waals surface area (Å²) in [5.74, 6) is -0.209. The van der Waals surface area contributed by atoms with Crippen LogP contribution in [0, 0.1) is 12.7 Å². The number of amides is 1. The van der Waals surface area contributed by atoms with E-state index in [1.54, 1.807) is 18.2 Å². The van der Waals surface area contributed by atoms with Gasteiger partial charge in [-0.3, -0.25) is 14.5 Å². The van der Waals surface area contributed by atoms with E-state index in [-0.39, 0.29) is 23.1 Å². The van der Waals surface area contributed by atoms with Crippen LogP contribution in [0.4, 0.5) is 4.39 Å². The molecule has 0 unspecified atom stereocenters. The van der Waals surface area contributed by atoms with Gasteiger partial charge in [-0.05, 0) is 43.0 Å². The molecule has 0 atom stereocenters. The molecule has 0 spiro atoms. The fraction of sp³-hybridized carbons (Fsp3) is 0.333. The van der Waals surface area contributed by atoms with Crippen LogP contribution in [-0.4, -0.2) is 53.0 Å². The number of nitrogens with zero attached hydrogens (tertiary/aromatic N) is 3.